The Hall–Kier alpha value is -2.37. The molecule has 1 N–H and O–H groups in total. The van der Waals surface area contributed by atoms with Crippen molar-refractivity contribution in [3.05, 3.63) is 29.5 Å². The lowest BCUT2D eigenvalue weighted by atomic mass is 9.92. The molecule has 0 aliphatic rings. The number of ether oxygens (including phenoxy) is 2. The van der Waals surface area contributed by atoms with Crippen LogP contribution in [0.3, 0.4) is 0 Å². The van der Waals surface area contributed by atoms with Crippen LogP contribution in [0.25, 0.3) is 10.9 Å². The number of rotatable bonds is 5. The van der Waals surface area contributed by atoms with Gasteiger partial charge in [-0.1, -0.05) is 6.07 Å². The average Bonchev–Trinajstić information content (AvgIpc) is 2.97. The summed E-state index contributed by atoms with van der Waals surface area (Å²) in [7, 11) is 2.62. The van der Waals surface area contributed by atoms with Gasteiger partial charge in [-0.05, 0) is 30.5 Å². The van der Waals surface area contributed by atoms with E-state index < -0.39 is 17.9 Å². The minimum atomic E-state index is -0.550. The molecule has 1 aromatic heterocycles. The van der Waals surface area contributed by atoms with E-state index in [1.807, 2.05) is 19.1 Å². The number of nitrogens with one attached hydrogen (secondary N) is 1. The molecule has 0 radical (unpaired) electrons. The molecule has 2 aromatic rings. The average molecular weight is 290 g/mol. The van der Waals surface area contributed by atoms with Gasteiger partial charge < -0.3 is 9.47 Å². The van der Waals surface area contributed by atoms with Crippen molar-refractivity contribution >= 4 is 22.8 Å². The van der Waals surface area contributed by atoms with E-state index in [2.05, 4.69) is 14.9 Å². The zero-order valence-electron chi connectivity index (χ0n) is 12.3. The zero-order chi connectivity index (χ0) is 15.4. The van der Waals surface area contributed by atoms with Crippen molar-refractivity contribution in [1.29, 1.82) is 0 Å². The van der Waals surface area contributed by atoms with Crippen LogP contribution < -0.4 is 0 Å². The Balaban J connectivity index is 2.27. The lowest BCUT2D eigenvalue weighted by Gasteiger charge is -2.15. The van der Waals surface area contributed by atoms with E-state index in [9.17, 15) is 9.59 Å². The number of aromatic nitrogens is 2. The van der Waals surface area contributed by atoms with Gasteiger partial charge in [-0.3, -0.25) is 14.7 Å². The molecule has 0 unspecified atom stereocenters. The van der Waals surface area contributed by atoms with Gasteiger partial charge >= 0.3 is 11.9 Å². The molecule has 6 heteroatoms. The molecule has 0 saturated heterocycles. The molecule has 1 heterocycles. The monoisotopic (exact) mass is 290 g/mol. The van der Waals surface area contributed by atoms with Gasteiger partial charge in [-0.15, -0.1) is 0 Å². The Morgan fingerprint density at radius 2 is 2.05 bits per heavy atom. The summed E-state index contributed by atoms with van der Waals surface area (Å²) in [6, 6.07) is 3.85. The predicted molar refractivity (Wildman–Crippen MR) is 76.7 cm³/mol. The lowest BCUT2D eigenvalue weighted by molar-refractivity contribution is -0.151. The summed E-state index contributed by atoms with van der Waals surface area (Å²) in [6.45, 7) is 1.97. The van der Waals surface area contributed by atoms with Crippen LogP contribution in [0.1, 0.15) is 17.5 Å². The van der Waals surface area contributed by atoms with Crippen LogP contribution in [-0.2, 0) is 25.5 Å². The molecule has 0 amide bonds. The first-order valence-corrected chi connectivity index (χ1v) is 6.63. The fourth-order valence-electron chi connectivity index (χ4n) is 2.38. The highest BCUT2D eigenvalue weighted by molar-refractivity contribution is 5.83. The fraction of sp³-hybridized carbons (Fsp3) is 0.400. The van der Waals surface area contributed by atoms with Crippen molar-refractivity contribution in [3.8, 4) is 0 Å². The van der Waals surface area contributed by atoms with Crippen molar-refractivity contribution in [2.45, 2.75) is 19.8 Å². The van der Waals surface area contributed by atoms with Gasteiger partial charge in [0.1, 0.15) is 0 Å². The number of hydrogen-bond acceptors (Lipinski definition) is 5. The molecule has 1 aromatic carbocycles. The quantitative estimate of drug-likeness (QED) is 0.849. The second-order valence-electron chi connectivity index (χ2n) is 4.89. The molecule has 21 heavy (non-hydrogen) atoms. The van der Waals surface area contributed by atoms with Crippen LogP contribution in [-0.4, -0.2) is 36.4 Å². The minimum absolute atomic E-state index is 0.00599. The van der Waals surface area contributed by atoms with Gasteiger partial charge in [0.15, 0.2) is 0 Å². The van der Waals surface area contributed by atoms with Gasteiger partial charge in [0.05, 0.1) is 38.3 Å². The van der Waals surface area contributed by atoms with Crippen LogP contribution in [0.15, 0.2) is 18.3 Å². The zero-order valence-corrected chi connectivity index (χ0v) is 12.3. The van der Waals surface area contributed by atoms with Crippen LogP contribution in [0.5, 0.6) is 0 Å². The first-order valence-electron chi connectivity index (χ1n) is 6.63. The third-order valence-corrected chi connectivity index (χ3v) is 3.65. The minimum Gasteiger partial charge on any atom is -0.469 e. The highest BCUT2D eigenvalue weighted by Gasteiger charge is 2.24. The third kappa shape index (κ3) is 3.21. The van der Waals surface area contributed by atoms with Gasteiger partial charge in [0.2, 0.25) is 0 Å². The van der Waals surface area contributed by atoms with Crippen LogP contribution >= 0.6 is 0 Å². The van der Waals surface area contributed by atoms with Crippen molar-refractivity contribution in [1.82, 2.24) is 10.2 Å². The second kappa shape index (κ2) is 6.39. The summed E-state index contributed by atoms with van der Waals surface area (Å²) < 4.78 is 9.42. The molecule has 6 nitrogen and oxygen atoms in total. The maximum atomic E-state index is 11.8. The molecule has 0 aliphatic carbocycles. The molecule has 0 saturated carbocycles. The third-order valence-electron chi connectivity index (χ3n) is 3.65. The Morgan fingerprint density at radius 1 is 1.29 bits per heavy atom. The Bertz CT molecular complexity index is 663. The molecule has 112 valence electrons. The molecule has 0 spiro atoms. The van der Waals surface area contributed by atoms with Crippen molar-refractivity contribution in [2.75, 3.05) is 14.2 Å². The number of nitrogens with zero attached hydrogens (tertiary/aromatic N) is 1. The number of fused-ring (bicyclic) bond motifs is 1. The fourth-order valence-corrected chi connectivity index (χ4v) is 2.38. The molecular weight excluding hydrogens is 272 g/mol. The molecule has 0 bridgehead atoms. The van der Waals surface area contributed by atoms with Crippen molar-refractivity contribution in [3.63, 3.8) is 0 Å². The van der Waals surface area contributed by atoms with Gasteiger partial charge in [0, 0.05) is 5.39 Å². The number of methoxy groups -OCH3 is 2. The summed E-state index contributed by atoms with van der Waals surface area (Å²) in [4.78, 5) is 23.3. The van der Waals surface area contributed by atoms with E-state index in [4.69, 9.17) is 4.74 Å². The number of carbonyl (C=O) groups excluding carboxylic acids is 2. The topological polar surface area (TPSA) is 81.3 Å². The number of benzene rings is 1. The van der Waals surface area contributed by atoms with Crippen molar-refractivity contribution in [2.24, 2.45) is 5.92 Å². The molecule has 0 aliphatic heterocycles. The summed E-state index contributed by atoms with van der Waals surface area (Å²) >= 11 is 0. The smallest absolute Gasteiger partial charge is 0.309 e. The number of aromatic amines is 1. The normalized spacial score (nSPS) is 12.1. The Kier molecular flexibility index (Phi) is 4.57. The SMILES string of the molecule is COC(=O)C[C@H](Cc1ccc2[nH]ncc2c1C)C(=O)OC. The van der Waals surface area contributed by atoms with E-state index in [0.717, 1.165) is 22.0 Å². The maximum Gasteiger partial charge on any atom is 0.309 e. The number of H-pyrrole nitrogens is 1. The number of esters is 2. The number of carbonyl (C=O) groups is 2. The molecule has 0 fully saturated rings. The van der Waals surface area contributed by atoms with E-state index in [1.165, 1.54) is 14.2 Å². The standard InChI is InChI=1S/C15H18N2O4/c1-9-10(4-5-13-12(9)8-16-17-13)6-11(15(19)21-3)7-14(18)20-2/h4-5,8,11H,6-7H2,1-3H3,(H,16,17)/t11-/m0/s1. The van der Waals surface area contributed by atoms with Gasteiger partial charge in [-0.2, -0.15) is 5.10 Å². The van der Waals surface area contributed by atoms with E-state index in [0.29, 0.717) is 6.42 Å². The largest absolute Gasteiger partial charge is 0.469 e. The Morgan fingerprint density at radius 3 is 2.71 bits per heavy atom. The molecular formula is C15H18N2O4. The Labute approximate surface area is 122 Å². The summed E-state index contributed by atoms with van der Waals surface area (Å²) in [5.74, 6) is -1.38. The van der Waals surface area contributed by atoms with Crippen LogP contribution in [0.4, 0.5) is 0 Å². The highest BCUT2D eigenvalue weighted by atomic mass is 16.5. The first-order chi connectivity index (χ1) is 10.1. The van der Waals surface area contributed by atoms with Crippen LogP contribution in [0.2, 0.25) is 0 Å². The second-order valence-corrected chi connectivity index (χ2v) is 4.89. The molecule has 1 atom stereocenters. The summed E-state index contributed by atoms with van der Waals surface area (Å²) in [6.07, 6.45) is 2.18. The summed E-state index contributed by atoms with van der Waals surface area (Å²) in [5, 5.41) is 7.91. The van der Waals surface area contributed by atoms with Gasteiger partial charge in [-0.25, -0.2) is 0 Å². The van der Waals surface area contributed by atoms with E-state index in [1.54, 1.807) is 6.20 Å². The number of aryl methyl sites for hydroxylation is 1. The van der Waals surface area contributed by atoms with Crippen LogP contribution in [0, 0.1) is 12.8 Å². The highest BCUT2D eigenvalue weighted by Crippen LogP contribution is 2.23. The van der Waals surface area contributed by atoms with Gasteiger partial charge in [0.25, 0.3) is 0 Å². The van der Waals surface area contributed by atoms with E-state index in [-0.39, 0.29) is 6.42 Å². The summed E-state index contributed by atoms with van der Waals surface area (Å²) in [5.41, 5.74) is 2.97. The molecule has 2 rings (SSSR count). The number of hydrogen-bond donors (Lipinski definition) is 1. The maximum absolute atomic E-state index is 11.8. The predicted octanol–water partition coefficient (Wildman–Crippen LogP) is 1.77. The van der Waals surface area contributed by atoms with E-state index >= 15 is 0 Å². The first kappa shape index (κ1) is 15.0. The lowest BCUT2D eigenvalue weighted by Crippen LogP contribution is -2.23. The van der Waals surface area contributed by atoms with Crippen molar-refractivity contribution < 1.29 is 19.1 Å².